The largest absolute Gasteiger partial charge is 0.392 e. The van der Waals surface area contributed by atoms with E-state index in [-0.39, 0.29) is 6.10 Å². The molecule has 0 heterocycles. The van der Waals surface area contributed by atoms with Crippen LogP contribution in [0.3, 0.4) is 0 Å². The van der Waals surface area contributed by atoms with Crippen molar-refractivity contribution in [2.45, 2.75) is 38.7 Å². The molecule has 86 valence electrons. The summed E-state index contributed by atoms with van der Waals surface area (Å²) in [6.45, 7) is 2.80. The number of rotatable bonds is 4. The van der Waals surface area contributed by atoms with Gasteiger partial charge in [-0.3, -0.25) is 0 Å². The minimum Gasteiger partial charge on any atom is -0.392 e. The van der Waals surface area contributed by atoms with Gasteiger partial charge in [-0.1, -0.05) is 6.92 Å². The number of fused-ring (bicyclic) bond motifs is 5. The lowest BCUT2D eigenvalue weighted by Gasteiger charge is -2.22. The zero-order valence-corrected chi connectivity index (χ0v) is 9.60. The normalized spacial score (nSPS) is 50.2. The molecular formula is C13H23NO. The summed E-state index contributed by atoms with van der Waals surface area (Å²) < 4.78 is 0. The molecule has 15 heavy (non-hydrogen) atoms. The maximum atomic E-state index is 10.3. The molecule has 2 bridgehead atoms. The Bertz CT molecular complexity index is 235. The van der Waals surface area contributed by atoms with E-state index in [4.69, 9.17) is 5.73 Å². The van der Waals surface area contributed by atoms with Crippen molar-refractivity contribution in [3.05, 3.63) is 0 Å². The van der Waals surface area contributed by atoms with E-state index in [0.717, 1.165) is 30.1 Å². The highest BCUT2D eigenvalue weighted by Crippen LogP contribution is 2.70. The minimum atomic E-state index is -0.0987. The summed E-state index contributed by atoms with van der Waals surface area (Å²) in [5.74, 6) is 4.69. The summed E-state index contributed by atoms with van der Waals surface area (Å²) >= 11 is 0. The molecule has 3 aliphatic carbocycles. The highest BCUT2D eigenvalue weighted by Gasteiger charge is 2.67. The Kier molecular flexibility index (Phi) is 2.33. The average Bonchev–Trinajstić information content (AvgIpc) is 2.69. The van der Waals surface area contributed by atoms with Crippen LogP contribution in [0.4, 0.5) is 0 Å². The first-order valence-electron chi connectivity index (χ1n) is 6.66. The molecule has 3 rings (SSSR count). The lowest BCUT2D eigenvalue weighted by atomic mass is 9.90. The van der Waals surface area contributed by atoms with Crippen LogP contribution in [0, 0.1) is 35.5 Å². The van der Waals surface area contributed by atoms with E-state index in [1.807, 2.05) is 0 Å². The first-order chi connectivity index (χ1) is 7.27. The van der Waals surface area contributed by atoms with Crippen molar-refractivity contribution in [1.82, 2.24) is 0 Å². The van der Waals surface area contributed by atoms with Crippen LogP contribution >= 0.6 is 0 Å². The summed E-state index contributed by atoms with van der Waals surface area (Å²) in [7, 11) is 0. The van der Waals surface area contributed by atoms with Gasteiger partial charge in [-0.25, -0.2) is 0 Å². The zero-order chi connectivity index (χ0) is 10.6. The third kappa shape index (κ3) is 1.31. The maximum absolute atomic E-state index is 10.3. The van der Waals surface area contributed by atoms with Gasteiger partial charge in [-0.05, 0) is 67.7 Å². The number of hydrogen-bond donors (Lipinski definition) is 2. The van der Waals surface area contributed by atoms with Gasteiger partial charge >= 0.3 is 0 Å². The fraction of sp³-hybridized carbons (Fsp3) is 1.00. The van der Waals surface area contributed by atoms with Crippen molar-refractivity contribution < 1.29 is 5.11 Å². The Balaban J connectivity index is 1.66. The summed E-state index contributed by atoms with van der Waals surface area (Å²) in [5, 5.41) is 10.3. The van der Waals surface area contributed by atoms with Crippen molar-refractivity contribution in [3.8, 4) is 0 Å². The molecule has 0 aromatic heterocycles. The molecular weight excluding hydrogens is 186 g/mol. The molecule has 2 nitrogen and oxygen atoms in total. The molecule has 3 aliphatic rings. The maximum Gasteiger partial charge on any atom is 0.0614 e. The number of aliphatic hydroxyl groups excluding tert-OH is 1. The lowest BCUT2D eigenvalue weighted by Crippen LogP contribution is -2.31. The Hall–Kier alpha value is -0.0800. The van der Waals surface area contributed by atoms with Crippen LogP contribution in [0.2, 0.25) is 0 Å². The van der Waals surface area contributed by atoms with Crippen LogP contribution in [0.25, 0.3) is 0 Å². The molecule has 0 radical (unpaired) electrons. The Morgan fingerprint density at radius 2 is 1.87 bits per heavy atom. The average molecular weight is 209 g/mol. The summed E-state index contributed by atoms with van der Waals surface area (Å²) in [5.41, 5.74) is 5.73. The highest BCUT2D eigenvalue weighted by molar-refractivity contribution is 5.15. The molecule has 6 atom stereocenters. The first kappa shape index (κ1) is 10.1. The topological polar surface area (TPSA) is 46.2 Å². The van der Waals surface area contributed by atoms with Gasteiger partial charge < -0.3 is 10.8 Å². The monoisotopic (exact) mass is 209 g/mol. The molecule has 3 saturated carbocycles. The van der Waals surface area contributed by atoms with Gasteiger partial charge in [0, 0.05) is 0 Å². The zero-order valence-electron chi connectivity index (χ0n) is 9.60. The van der Waals surface area contributed by atoms with E-state index in [1.165, 1.54) is 19.3 Å². The predicted molar refractivity (Wildman–Crippen MR) is 60.1 cm³/mol. The Morgan fingerprint density at radius 3 is 2.33 bits per heavy atom. The van der Waals surface area contributed by atoms with Gasteiger partial charge in [-0.2, -0.15) is 0 Å². The number of nitrogens with two attached hydrogens (primary N) is 1. The van der Waals surface area contributed by atoms with Gasteiger partial charge in [0.05, 0.1) is 6.10 Å². The summed E-state index contributed by atoms with van der Waals surface area (Å²) in [6, 6.07) is 0. The molecule has 0 saturated heterocycles. The fourth-order valence-electron chi connectivity index (χ4n) is 4.71. The third-order valence-electron chi connectivity index (χ3n) is 5.50. The van der Waals surface area contributed by atoms with Crippen molar-refractivity contribution in [1.29, 1.82) is 0 Å². The molecule has 0 aromatic carbocycles. The third-order valence-corrected chi connectivity index (χ3v) is 5.50. The molecule has 3 fully saturated rings. The molecule has 6 unspecified atom stereocenters. The minimum absolute atomic E-state index is 0.0987. The lowest BCUT2D eigenvalue weighted by molar-refractivity contribution is 0.0705. The van der Waals surface area contributed by atoms with Gasteiger partial charge in [-0.15, -0.1) is 0 Å². The van der Waals surface area contributed by atoms with E-state index in [1.54, 1.807) is 0 Å². The van der Waals surface area contributed by atoms with E-state index in [0.29, 0.717) is 18.4 Å². The first-order valence-corrected chi connectivity index (χ1v) is 6.66. The van der Waals surface area contributed by atoms with Gasteiger partial charge in [0.25, 0.3) is 0 Å². The molecule has 3 N–H and O–H groups in total. The summed E-state index contributed by atoms with van der Waals surface area (Å²) in [4.78, 5) is 0. The molecule has 2 heteroatoms. The second kappa shape index (κ2) is 3.46. The summed E-state index contributed by atoms with van der Waals surface area (Å²) in [6.07, 6.45) is 5.28. The second-order valence-electron chi connectivity index (χ2n) is 5.96. The quantitative estimate of drug-likeness (QED) is 0.739. The second-order valence-corrected chi connectivity index (χ2v) is 5.96. The van der Waals surface area contributed by atoms with Crippen LogP contribution < -0.4 is 5.73 Å². The van der Waals surface area contributed by atoms with Crippen molar-refractivity contribution in [3.63, 3.8) is 0 Å². The van der Waals surface area contributed by atoms with E-state index >= 15 is 0 Å². The number of hydrogen-bond acceptors (Lipinski definition) is 2. The van der Waals surface area contributed by atoms with Crippen molar-refractivity contribution in [2.75, 3.05) is 6.54 Å². The SMILES string of the molecule is CCC(CN)C(O)C1C2C3CCC(C3)C21. The van der Waals surface area contributed by atoms with Gasteiger partial charge in [0.1, 0.15) is 0 Å². The van der Waals surface area contributed by atoms with Crippen LogP contribution in [0.15, 0.2) is 0 Å². The molecule has 0 spiro atoms. The van der Waals surface area contributed by atoms with E-state index < -0.39 is 0 Å². The predicted octanol–water partition coefficient (Wildman–Crippen LogP) is 1.62. The van der Waals surface area contributed by atoms with Crippen molar-refractivity contribution in [2.24, 2.45) is 41.2 Å². The Morgan fingerprint density at radius 1 is 1.27 bits per heavy atom. The standard InChI is InChI=1S/C13H23NO/c1-2-7(6-14)13(15)12-10-8-3-4-9(5-8)11(10)12/h7-13,15H,2-6,14H2,1H3. The van der Waals surface area contributed by atoms with Gasteiger partial charge in [0.2, 0.25) is 0 Å². The van der Waals surface area contributed by atoms with Crippen LogP contribution in [-0.4, -0.2) is 17.8 Å². The van der Waals surface area contributed by atoms with Crippen LogP contribution in [0.5, 0.6) is 0 Å². The molecule has 0 amide bonds. The molecule has 0 aromatic rings. The smallest absolute Gasteiger partial charge is 0.0614 e. The Labute approximate surface area is 92.2 Å². The molecule has 0 aliphatic heterocycles. The van der Waals surface area contributed by atoms with Crippen LogP contribution in [-0.2, 0) is 0 Å². The highest BCUT2D eigenvalue weighted by atomic mass is 16.3. The van der Waals surface area contributed by atoms with E-state index in [2.05, 4.69) is 6.92 Å². The van der Waals surface area contributed by atoms with Crippen LogP contribution in [0.1, 0.15) is 32.6 Å². The van der Waals surface area contributed by atoms with Crippen molar-refractivity contribution >= 4 is 0 Å². The fourth-order valence-corrected chi connectivity index (χ4v) is 4.71. The van der Waals surface area contributed by atoms with E-state index in [9.17, 15) is 5.11 Å². The van der Waals surface area contributed by atoms with Gasteiger partial charge in [0.15, 0.2) is 0 Å². The number of aliphatic hydroxyl groups is 1.